The number of benzene rings is 2. The van der Waals surface area contributed by atoms with Crippen LogP contribution in [0.3, 0.4) is 0 Å². The molecule has 1 aromatic heterocycles. The number of amides is 2. The maximum absolute atomic E-state index is 15.1. The van der Waals surface area contributed by atoms with Crippen LogP contribution in [0.25, 0.3) is 0 Å². The number of pyridine rings is 1. The Bertz CT molecular complexity index is 1380. The maximum atomic E-state index is 15.1. The molecule has 0 aliphatic carbocycles. The van der Waals surface area contributed by atoms with Gasteiger partial charge in [0.2, 0.25) is 5.91 Å². The summed E-state index contributed by atoms with van der Waals surface area (Å²) >= 11 is 0. The molecule has 2 aliphatic heterocycles. The van der Waals surface area contributed by atoms with E-state index in [2.05, 4.69) is 20.9 Å². The van der Waals surface area contributed by atoms with E-state index < -0.39 is 35.5 Å². The number of carbonyl (C=O) groups excluding carboxylic acids is 2. The van der Waals surface area contributed by atoms with Crippen molar-refractivity contribution >= 4 is 23.4 Å². The molecule has 0 saturated carbocycles. The number of anilines is 2. The number of hydrogen-bond donors (Lipinski definition) is 3. The van der Waals surface area contributed by atoms with Crippen molar-refractivity contribution in [2.24, 2.45) is 0 Å². The molecule has 3 N–H and O–H groups in total. The minimum absolute atomic E-state index is 0.0844. The average Bonchev–Trinajstić information content (AvgIpc) is 3.05. The first-order valence-electron chi connectivity index (χ1n) is 14.9. The molecule has 0 unspecified atom stereocenters. The fourth-order valence-corrected chi connectivity index (χ4v) is 5.20. The van der Waals surface area contributed by atoms with Crippen LogP contribution in [-0.2, 0) is 31.8 Å². The normalized spacial score (nSPS) is 19.0. The van der Waals surface area contributed by atoms with Gasteiger partial charge in [0, 0.05) is 43.9 Å². The van der Waals surface area contributed by atoms with Gasteiger partial charge in [-0.25, -0.2) is 18.0 Å². The Hall–Kier alpha value is -4.20. The number of aromatic nitrogens is 1. The predicted octanol–water partition coefficient (Wildman–Crippen LogP) is 3.92. The molecule has 0 radical (unpaired) electrons. The predicted molar refractivity (Wildman–Crippen MR) is 160 cm³/mol. The Morgan fingerprint density at radius 1 is 0.978 bits per heavy atom. The van der Waals surface area contributed by atoms with Crippen molar-refractivity contribution in [3.8, 4) is 0 Å². The first-order valence-corrected chi connectivity index (χ1v) is 14.9. The maximum Gasteiger partial charge on any atom is 0.410 e. The fraction of sp³-hybridized carbons (Fsp3) is 0.406. The summed E-state index contributed by atoms with van der Waals surface area (Å²) in [6.45, 7) is 3.05. The number of carbonyl (C=O) groups is 2. The van der Waals surface area contributed by atoms with E-state index in [9.17, 15) is 18.4 Å². The fourth-order valence-electron chi connectivity index (χ4n) is 5.20. The van der Waals surface area contributed by atoms with Gasteiger partial charge >= 0.3 is 6.09 Å². The van der Waals surface area contributed by atoms with Crippen LogP contribution in [0.15, 0.2) is 60.9 Å². The van der Waals surface area contributed by atoms with Gasteiger partial charge in [-0.3, -0.25) is 9.78 Å². The minimum Gasteiger partial charge on any atom is -0.447 e. The molecule has 45 heavy (non-hydrogen) atoms. The monoisotopic (exact) mass is 627 g/mol. The van der Waals surface area contributed by atoms with E-state index in [1.54, 1.807) is 17.0 Å². The minimum atomic E-state index is -0.858. The Labute approximate surface area is 259 Å². The molecular formula is C32H36F3N5O5. The molecule has 240 valence electrons. The van der Waals surface area contributed by atoms with E-state index in [4.69, 9.17) is 14.2 Å². The smallest absolute Gasteiger partial charge is 0.410 e. The Morgan fingerprint density at radius 2 is 1.67 bits per heavy atom. The van der Waals surface area contributed by atoms with Crippen LogP contribution in [0.5, 0.6) is 0 Å². The lowest BCUT2D eigenvalue weighted by Crippen LogP contribution is -2.48. The van der Waals surface area contributed by atoms with Gasteiger partial charge in [-0.1, -0.05) is 12.1 Å². The number of hydrogen-bond acceptors (Lipinski definition) is 8. The molecule has 5 rings (SSSR count). The zero-order valence-corrected chi connectivity index (χ0v) is 24.6. The van der Waals surface area contributed by atoms with Crippen molar-refractivity contribution in [1.29, 1.82) is 0 Å². The molecule has 13 heteroatoms. The third-order valence-electron chi connectivity index (χ3n) is 7.62. The first kappa shape index (κ1) is 32.2. The van der Waals surface area contributed by atoms with Crippen LogP contribution in [0, 0.1) is 17.5 Å². The van der Waals surface area contributed by atoms with E-state index in [0.29, 0.717) is 57.1 Å². The molecule has 2 fully saturated rings. The van der Waals surface area contributed by atoms with Gasteiger partial charge in [-0.05, 0) is 54.8 Å². The van der Waals surface area contributed by atoms with E-state index in [1.165, 1.54) is 42.6 Å². The van der Waals surface area contributed by atoms with Gasteiger partial charge in [0.05, 0.1) is 37.4 Å². The van der Waals surface area contributed by atoms with Crippen molar-refractivity contribution < 1.29 is 37.0 Å². The molecular weight excluding hydrogens is 591 g/mol. The summed E-state index contributed by atoms with van der Waals surface area (Å²) in [7, 11) is 0. The average molecular weight is 628 g/mol. The van der Waals surface area contributed by atoms with Crippen molar-refractivity contribution in [3.63, 3.8) is 0 Å². The summed E-state index contributed by atoms with van der Waals surface area (Å²) in [4.78, 5) is 31.4. The summed E-state index contributed by atoms with van der Waals surface area (Å²) in [6.07, 6.45) is 2.27. The quantitative estimate of drug-likeness (QED) is 0.293. The van der Waals surface area contributed by atoms with Crippen LogP contribution in [0.1, 0.15) is 17.5 Å². The number of morpholine rings is 2. The zero-order valence-electron chi connectivity index (χ0n) is 24.6. The highest BCUT2D eigenvalue weighted by Crippen LogP contribution is 2.23. The topological polar surface area (TPSA) is 114 Å². The molecule has 0 spiro atoms. The molecule has 2 aliphatic rings. The number of nitrogens with one attached hydrogen (secondary N) is 3. The standard InChI is InChI=1S/C32H36F3N5O5/c33-22-3-1-21(2-4-22)15-29(38-24-7-5-23(34)6-8-24)31(41)39-30-19-37-18-28(35)27(30)10-9-25-16-36-17-26(45-25)20-44-32(42)40-11-13-43-14-12-40/h1-8,18-19,25-26,29,36,38H,9-17,20H2,(H,39,41)/t25-,26+,29+/m1/s1. The lowest BCUT2D eigenvalue weighted by Gasteiger charge is -2.32. The van der Waals surface area contributed by atoms with Crippen molar-refractivity contribution in [2.75, 3.05) is 56.6 Å². The molecule has 2 aromatic carbocycles. The summed E-state index contributed by atoms with van der Waals surface area (Å²) in [5.74, 6) is -1.88. The Balaban J connectivity index is 1.21. The molecule has 3 aromatic rings. The molecule has 0 bridgehead atoms. The largest absolute Gasteiger partial charge is 0.447 e. The lowest BCUT2D eigenvalue weighted by atomic mass is 10.0. The van der Waals surface area contributed by atoms with Crippen LogP contribution < -0.4 is 16.0 Å². The van der Waals surface area contributed by atoms with Gasteiger partial charge in [0.25, 0.3) is 0 Å². The Kier molecular flexibility index (Phi) is 11.2. The second kappa shape index (κ2) is 15.7. The van der Waals surface area contributed by atoms with E-state index >= 15 is 4.39 Å². The first-order chi connectivity index (χ1) is 21.8. The SMILES string of the molecule is O=C(Nc1cncc(F)c1CC[C@@H]1CNC[C@@H](COC(=O)N2CCOCC2)O1)[C@H](Cc1ccc(F)cc1)Nc1ccc(F)cc1. The highest BCUT2D eigenvalue weighted by molar-refractivity contribution is 5.97. The van der Waals surface area contributed by atoms with Crippen LogP contribution >= 0.6 is 0 Å². The van der Waals surface area contributed by atoms with Crippen LogP contribution in [0.2, 0.25) is 0 Å². The summed E-state index contributed by atoms with van der Waals surface area (Å²) in [5.41, 5.74) is 1.68. The van der Waals surface area contributed by atoms with E-state index in [-0.39, 0.29) is 42.9 Å². The number of halogens is 3. The second-order valence-corrected chi connectivity index (χ2v) is 10.9. The highest BCUT2D eigenvalue weighted by atomic mass is 19.1. The number of ether oxygens (including phenoxy) is 3. The van der Waals surface area contributed by atoms with E-state index in [1.807, 2.05) is 0 Å². The summed E-state index contributed by atoms with van der Waals surface area (Å²) in [5, 5.41) is 9.16. The number of nitrogens with zero attached hydrogens (tertiary/aromatic N) is 2. The van der Waals surface area contributed by atoms with E-state index in [0.717, 1.165) is 6.20 Å². The summed E-state index contributed by atoms with van der Waals surface area (Å²) < 4.78 is 58.9. The lowest BCUT2D eigenvalue weighted by molar-refractivity contribution is -0.116. The molecule has 3 atom stereocenters. The molecule has 3 heterocycles. The van der Waals surface area contributed by atoms with Crippen molar-refractivity contribution in [3.05, 3.63) is 89.5 Å². The van der Waals surface area contributed by atoms with Gasteiger partial charge in [-0.2, -0.15) is 0 Å². The van der Waals surface area contributed by atoms with Gasteiger partial charge < -0.3 is 35.1 Å². The van der Waals surface area contributed by atoms with Crippen LogP contribution in [-0.4, -0.2) is 86.1 Å². The third kappa shape index (κ3) is 9.40. The number of rotatable bonds is 11. The molecule has 10 nitrogen and oxygen atoms in total. The van der Waals surface area contributed by atoms with Crippen molar-refractivity contribution in [2.45, 2.75) is 37.5 Å². The van der Waals surface area contributed by atoms with Gasteiger partial charge in [0.15, 0.2) is 0 Å². The Morgan fingerprint density at radius 3 is 2.40 bits per heavy atom. The highest BCUT2D eigenvalue weighted by Gasteiger charge is 2.27. The zero-order chi connectivity index (χ0) is 31.6. The molecule has 2 amide bonds. The van der Waals surface area contributed by atoms with Gasteiger partial charge in [-0.15, -0.1) is 0 Å². The summed E-state index contributed by atoms with van der Waals surface area (Å²) in [6, 6.07) is 10.4. The second-order valence-electron chi connectivity index (χ2n) is 10.9. The van der Waals surface area contributed by atoms with Gasteiger partial charge in [0.1, 0.15) is 36.2 Å². The third-order valence-corrected chi connectivity index (χ3v) is 7.62. The van der Waals surface area contributed by atoms with Crippen molar-refractivity contribution in [1.82, 2.24) is 15.2 Å². The van der Waals surface area contributed by atoms with Crippen LogP contribution in [0.4, 0.5) is 29.3 Å². The molecule has 2 saturated heterocycles.